The smallest absolute Gasteiger partial charge is 0.239 e. The molecule has 0 aromatic carbocycles. The van der Waals surface area contributed by atoms with Crippen LogP contribution in [0.15, 0.2) is 12.2 Å². The van der Waals surface area contributed by atoms with E-state index in [0.717, 1.165) is 12.0 Å². The normalized spacial score (nSPS) is 24.2. The summed E-state index contributed by atoms with van der Waals surface area (Å²) in [4.78, 5) is 14.3. The van der Waals surface area contributed by atoms with Crippen LogP contribution in [0.3, 0.4) is 0 Å². The van der Waals surface area contributed by atoms with E-state index in [1.807, 2.05) is 27.7 Å². The molecule has 1 heterocycles. The molecule has 0 aliphatic carbocycles. The van der Waals surface area contributed by atoms with E-state index in [9.17, 15) is 13.2 Å². The largest absolute Gasteiger partial charge is 0.338 e. The van der Waals surface area contributed by atoms with Crippen molar-refractivity contribution in [2.45, 2.75) is 46.2 Å². The summed E-state index contributed by atoms with van der Waals surface area (Å²) >= 11 is 0. The first kappa shape index (κ1) is 20.1. The van der Waals surface area contributed by atoms with Gasteiger partial charge < -0.3 is 10.2 Å². The summed E-state index contributed by atoms with van der Waals surface area (Å²) in [6.45, 7) is 13.9. The monoisotopic (exact) mass is 345 g/mol. The number of sulfonamides is 1. The fraction of sp³-hybridized carbons (Fsp3) is 0.812. The molecule has 0 aromatic heterocycles. The van der Waals surface area contributed by atoms with Gasteiger partial charge in [-0.05, 0) is 33.1 Å². The van der Waals surface area contributed by atoms with Crippen LogP contribution in [0.1, 0.15) is 34.1 Å². The molecule has 6 nitrogen and oxygen atoms in total. The van der Waals surface area contributed by atoms with E-state index < -0.39 is 10.0 Å². The average Bonchev–Trinajstić information content (AvgIpc) is 2.44. The second kappa shape index (κ2) is 8.26. The van der Waals surface area contributed by atoms with Gasteiger partial charge in [-0.3, -0.25) is 4.79 Å². The van der Waals surface area contributed by atoms with Gasteiger partial charge in [-0.2, -0.15) is 0 Å². The quantitative estimate of drug-likeness (QED) is 0.701. The molecule has 7 heteroatoms. The predicted molar refractivity (Wildman–Crippen MR) is 93.7 cm³/mol. The van der Waals surface area contributed by atoms with Crippen molar-refractivity contribution in [3.05, 3.63) is 12.2 Å². The molecule has 1 N–H and O–H groups in total. The minimum absolute atomic E-state index is 0.0632. The average molecular weight is 346 g/mol. The lowest BCUT2D eigenvalue weighted by molar-refractivity contribution is -0.132. The number of nitrogens with one attached hydrogen (secondary N) is 1. The van der Waals surface area contributed by atoms with Crippen molar-refractivity contribution in [1.29, 1.82) is 0 Å². The van der Waals surface area contributed by atoms with Crippen LogP contribution in [0.4, 0.5) is 0 Å². The van der Waals surface area contributed by atoms with Crippen LogP contribution >= 0.6 is 0 Å². The van der Waals surface area contributed by atoms with E-state index in [1.165, 1.54) is 10.6 Å². The maximum atomic E-state index is 12.5. The Morgan fingerprint density at radius 3 is 2.52 bits per heavy atom. The Kier molecular flexibility index (Phi) is 7.23. The van der Waals surface area contributed by atoms with Gasteiger partial charge in [0.25, 0.3) is 0 Å². The molecule has 1 fully saturated rings. The highest BCUT2D eigenvalue weighted by molar-refractivity contribution is 7.88. The summed E-state index contributed by atoms with van der Waals surface area (Å²) in [7, 11) is -3.14. The molecular formula is C16H31N3O3S. The molecule has 1 amide bonds. The van der Waals surface area contributed by atoms with Gasteiger partial charge in [0.2, 0.25) is 15.9 Å². The first-order valence-corrected chi connectivity index (χ1v) is 10.0. The van der Waals surface area contributed by atoms with Gasteiger partial charge in [-0.15, -0.1) is 0 Å². The highest BCUT2D eigenvalue weighted by Gasteiger charge is 2.32. The zero-order chi connectivity index (χ0) is 17.8. The van der Waals surface area contributed by atoms with Crippen molar-refractivity contribution in [2.24, 2.45) is 5.92 Å². The summed E-state index contributed by atoms with van der Waals surface area (Å²) in [6, 6.07) is -0.137. The highest BCUT2D eigenvalue weighted by atomic mass is 32.2. The van der Waals surface area contributed by atoms with Crippen LogP contribution in [0.5, 0.6) is 0 Å². The molecule has 1 aliphatic heterocycles. The molecule has 0 unspecified atom stereocenters. The van der Waals surface area contributed by atoms with Crippen molar-refractivity contribution >= 4 is 15.9 Å². The number of hydrogen-bond acceptors (Lipinski definition) is 4. The number of carbonyl (C=O) groups excluding carboxylic acids is 1. The lowest BCUT2D eigenvalue weighted by atomic mass is 9.94. The summed E-state index contributed by atoms with van der Waals surface area (Å²) < 4.78 is 24.8. The minimum Gasteiger partial charge on any atom is -0.338 e. The highest BCUT2D eigenvalue weighted by Crippen LogP contribution is 2.19. The molecular weight excluding hydrogens is 314 g/mol. The third kappa shape index (κ3) is 5.90. The van der Waals surface area contributed by atoms with Crippen molar-refractivity contribution in [3.8, 4) is 0 Å². The molecule has 0 aromatic rings. The van der Waals surface area contributed by atoms with E-state index in [0.29, 0.717) is 26.2 Å². The summed E-state index contributed by atoms with van der Waals surface area (Å²) in [5.41, 5.74) is 0.960. The second-order valence-electron chi connectivity index (χ2n) is 6.69. The van der Waals surface area contributed by atoms with Crippen molar-refractivity contribution in [3.63, 3.8) is 0 Å². The van der Waals surface area contributed by atoms with Crippen molar-refractivity contribution in [2.75, 3.05) is 32.4 Å². The summed E-state index contributed by atoms with van der Waals surface area (Å²) in [5, 5.41) is 3.39. The van der Waals surface area contributed by atoms with Crippen LogP contribution in [0.2, 0.25) is 0 Å². The van der Waals surface area contributed by atoms with E-state index in [4.69, 9.17) is 0 Å². The number of hydrogen-bond donors (Lipinski definition) is 1. The maximum Gasteiger partial charge on any atom is 0.239 e. The number of likely N-dealkylation sites (N-methyl/N-ethyl adjacent to an activating group) is 1. The fourth-order valence-corrected chi connectivity index (χ4v) is 3.94. The molecule has 1 rings (SSSR count). The molecule has 0 saturated carbocycles. The Balaban J connectivity index is 2.62. The molecule has 0 bridgehead atoms. The van der Waals surface area contributed by atoms with Crippen LogP contribution in [0.25, 0.3) is 0 Å². The Labute approximate surface area is 141 Å². The van der Waals surface area contributed by atoms with Gasteiger partial charge in [0.05, 0.1) is 12.3 Å². The zero-order valence-corrected chi connectivity index (χ0v) is 15.8. The molecule has 134 valence electrons. The molecule has 23 heavy (non-hydrogen) atoms. The van der Waals surface area contributed by atoms with Crippen LogP contribution in [-0.2, 0) is 14.8 Å². The lowest BCUT2D eigenvalue weighted by Crippen LogP contribution is -2.55. The Bertz CT molecular complexity index is 533. The number of amides is 1. The van der Waals surface area contributed by atoms with Gasteiger partial charge in [0, 0.05) is 32.2 Å². The van der Waals surface area contributed by atoms with E-state index in [-0.39, 0.29) is 23.9 Å². The maximum absolute atomic E-state index is 12.5. The van der Waals surface area contributed by atoms with Crippen LogP contribution < -0.4 is 5.32 Å². The van der Waals surface area contributed by atoms with Gasteiger partial charge in [0.1, 0.15) is 0 Å². The first-order chi connectivity index (χ1) is 10.6. The first-order valence-electron chi connectivity index (χ1n) is 8.20. The standard InChI is InChI=1S/C16H31N3O3S/c1-7-18(10-12(2)3)16(20)14(5)17-15-8-9-19(11-13(15)4)23(6,21)22/h13-15,17H,2,7-11H2,1,3-6H3/t13-,14-,15-/m0/s1. The molecule has 1 saturated heterocycles. The Morgan fingerprint density at radius 1 is 1.48 bits per heavy atom. The molecule has 3 atom stereocenters. The minimum atomic E-state index is -3.14. The van der Waals surface area contributed by atoms with Crippen molar-refractivity contribution < 1.29 is 13.2 Å². The van der Waals surface area contributed by atoms with E-state index in [1.54, 1.807) is 4.90 Å². The number of nitrogens with zero attached hydrogens (tertiary/aromatic N) is 2. The van der Waals surface area contributed by atoms with Crippen LogP contribution in [-0.4, -0.2) is 68.0 Å². The van der Waals surface area contributed by atoms with Crippen molar-refractivity contribution in [1.82, 2.24) is 14.5 Å². The zero-order valence-electron chi connectivity index (χ0n) is 15.0. The SMILES string of the molecule is C=C(C)CN(CC)C(=O)[C@H](C)N[C@H]1CCN(S(C)(=O)=O)C[C@@H]1C. The molecule has 0 radical (unpaired) electrons. The topological polar surface area (TPSA) is 69.7 Å². The van der Waals surface area contributed by atoms with Gasteiger partial charge in [-0.25, -0.2) is 12.7 Å². The van der Waals surface area contributed by atoms with Gasteiger partial charge in [0.15, 0.2) is 0 Å². The van der Waals surface area contributed by atoms with E-state index in [2.05, 4.69) is 11.9 Å². The second-order valence-corrected chi connectivity index (χ2v) is 8.67. The molecule has 1 aliphatic rings. The number of piperidine rings is 1. The number of carbonyl (C=O) groups is 1. The third-order valence-corrected chi connectivity index (χ3v) is 5.60. The predicted octanol–water partition coefficient (Wildman–Crippen LogP) is 1.06. The van der Waals surface area contributed by atoms with Crippen LogP contribution in [0, 0.1) is 5.92 Å². The third-order valence-electron chi connectivity index (χ3n) is 4.33. The van der Waals surface area contributed by atoms with E-state index >= 15 is 0 Å². The lowest BCUT2D eigenvalue weighted by Gasteiger charge is -2.37. The van der Waals surface area contributed by atoms with Gasteiger partial charge >= 0.3 is 0 Å². The summed E-state index contributed by atoms with van der Waals surface area (Å²) in [5.74, 6) is 0.234. The number of rotatable bonds is 7. The Morgan fingerprint density at radius 2 is 2.09 bits per heavy atom. The van der Waals surface area contributed by atoms with Gasteiger partial charge in [-0.1, -0.05) is 19.1 Å². The molecule has 0 spiro atoms. The summed E-state index contributed by atoms with van der Waals surface area (Å²) in [6.07, 6.45) is 1.97. The fourth-order valence-electron chi connectivity index (χ4n) is 2.99. The Hall–Kier alpha value is -0.920.